The minimum absolute atomic E-state index is 0.352. The van der Waals surface area contributed by atoms with Gasteiger partial charge in [0.05, 0.1) is 17.4 Å². The highest BCUT2D eigenvalue weighted by molar-refractivity contribution is 5.92. The SMILES string of the molecule is CC(O)c1c(N2CCNCC2)c2ccccc2oc1=O. The van der Waals surface area contributed by atoms with Gasteiger partial charge in [-0.1, -0.05) is 12.1 Å². The molecule has 2 aromatic rings. The molecule has 1 unspecified atom stereocenters. The second kappa shape index (κ2) is 5.26. The monoisotopic (exact) mass is 274 g/mol. The molecule has 1 aliphatic heterocycles. The Kier molecular flexibility index (Phi) is 3.46. The average Bonchev–Trinajstić information content (AvgIpc) is 2.46. The van der Waals surface area contributed by atoms with Crippen LogP contribution in [0.5, 0.6) is 0 Å². The zero-order valence-electron chi connectivity index (χ0n) is 11.4. The van der Waals surface area contributed by atoms with E-state index in [1.54, 1.807) is 13.0 Å². The molecule has 1 aromatic heterocycles. The Morgan fingerprint density at radius 3 is 2.70 bits per heavy atom. The Morgan fingerprint density at radius 2 is 2.00 bits per heavy atom. The van der Waals surface area contributed by atoms with Gasteiger partial charge in [0.1, 0.15) is 5.58 Å². The van der Waals surface area contributed by atoms with E-state index in [0.29, 0.717) is 11.1 Å². The van der Waals surface area contributed by atoms with Gasteiger partial charge in [0, 0.05) is 31.6 Å². The zero-order chi connectivity index (χ0) is 14.1. The number of hydrogen-bond donors (Lipinski definition) is 2. The molecule has 106 valence electrons. The molecule has 1 atom stereocenters. The number of aliphatic hydroxyl groups is 1. The lowest BCUT2D eigenvalue weighted by Crippen LogP contribution is -2.44. The summed E-state index contributed by atoms with van der Waals surface area (Å²) in [6.07, 6.45) is -0.847. The van der Waals surface area contributed by atoms with Crippen LogP contribution in [0.15, 0.2) is 33.5 Å². The molecule has 0 radical (unpaired) electrons. The van der Waals surface area contributed by atoms with Crippen LogP contribution in [0.4, 0.5) is 5.69 Å². The highest BCUT2D eigenvalue weighted by Crippen LogP contribution is 2.32. The molecule has 5 heteroatoms. The van der Waals surface area contributed by atoms with Crippen molar-refractivity contribution in [2.75, 3.05) is 31.1 Å². The van der Waals surface area contributed by atoms with Crippen molar-refractivity contribution in [3.8, 4) is 0 Å². The van der Waals surface area contributed by atoms with Crippen LogP contribution < -0.4 is 15.8 Å². The third-order valence-corrected chi connectivity index (χ3v) is 3.67. The Morgan fingerprint density at radius 1 is 1.30 bits per heavy atom. The summed E-state index contributed by atoms with van der Waals surface area (Å²) in [5, 5.41) is 14.1. The molecule has 2 heterocycles. The summed E-state index contributed by atoms with van der Waals surface area (Å²) >= 11 is 0. The van der Waals surface area contributed by atoms with Crippen LogP contribution in [0, 0.1) is 0 Å². The minimum Gasteiger partial charge on any atom is -0.422 e. The standard InChI is InChI=1S/C15H18N2O3/c1-10(18)13-14(17-8-6-16-7-9-17)11-4-2-3-5-12(11)20-15(13)19/h2-5,10,16,18H,6-9H2,1H3. The largest absolute Gasteiger partial charge is 0.422 e. The molecule has 1 saturated heterocycles. The topological polar surface area (TPSA) is 65.7 Å². The lowest BCUT2D eigenvalue weighted by molar-refractivity contribution is 0.195. The van der Waals surface area contributed by atoms with Crippen molar-refractivity contribution in [3.05, 3.63) is 40.2 Å². The average molecular weight is 274 g/mol. The second-order valence-corrected chi connectivity index (χ2v) is 5.06. The predicted octanol–water partition coefficient (Wildman–Crippen LogP) is 1.26. The first kappa shape index (κ1) is 13.1. The van der Waals surface area contributed by atoms with Gasteiger partial charge in [-0.3, -0.25) is 0 Å². The number of benzene rings is 1. The van der Waals surface area contributed by atoms with E-state index < -0.39 is 11.7 Å². The summed E-state index contributed by atoms with van der Waals surface area (Å²) in [5.74, 6) is 0. The predicted molar refractivity (Wildman–Crippen MR) is 78.2 cm³/mol. The molecule has 1 aliphatic rings. The zero-order valence-corrected chi connectivity index (χ0v) is 11.4. The molecular formula is C15H18N2O3. The third kappa shape index (κ3) is 2.19. The van der Waals surface area contributed by atoms with Gasteiger partial charge >= 0.3 is 5.63 Å². The maximum absolute atomic E-state index is 12.2. The van der Waals surface area contributed by atoms with Crippen LogP contribution in [-0.2, 0) is 0 Å². The molecule has 0 aliphatic carbocycles. The van der Waals surface area contributed by atoms with E-state index in [1.807, 2.05) is 18.2 Å². The van der Waals surface area contributed by atoms with Gasteiger partial charge in [-0.05, 0) is 19.1 Å². The number of aliphatic hydroxyl groups excluding tert-OH is 1. The van der Waals surface area contributed by atoms with Gasteiger partial charge < -0.3 is 19.7 Å². The molecular weight excluding hydrogens is 256 g/mol. The van der Waals surface area contributed by atoms with Crippen molar-refractivity contribution in [1.29, 1.82) is 0 Å². The highest BCUT2D eigenvalue weighted by Gasteiger charge is 2.23. The second-order valence-electron chi connectivity index (χ2n) is 5.06. The smallest absolute Gasteiger partial charge is 0.344 e. The van der Waals surface area contributed by atoms with Gasteiger partial charge in [-0.25, -0.2) is 4.79 Å². The van der Waals surface area contributed by atoms with E-state index in [2.05, 4.69) is 10.2 Å². The van der Waals surface area contributed by atoms with Crippen LogP contribution in [-0.4, -0.2) is 31.3 Å². The quantitative estimate of drug-likeness (QED) is 0.807. The molecule has 1 fully saturated rings. The molecule has 3 rings (SSSR count). The molecule has 20 heavy (non-hydrogen) atoms. The van der Waals surface area contributed by atoms with Crippen molar-refractivity contribution >= 4 is 16.7 Å². The molecule has 0 amide bonds. The Labute approximate surface area is 116 Å². The number of anilines is 1. The number of nitrogens with zero attached hydrogens (tertiary/aromatic N) is 1. The van der Waals surface area contributed by atoms with Gasteiger partial charge in [-0.15, -0.1) is 0 Å². The van der Waals surface area contributed by atoms with Crippen LogP contribution in [0.25, 0.3) is 11.0 Å². The number of fused-ring (bicyclic) bond motifs is 1. The Hall–Kier alpha value is -1.85. The van der Waals surface area contributed by atoms with Crippen LogP contribution in [0.3, 0.4) is 0 Å². The van der Waals surface area contributed by atoms with Crippen molar-refractivity contribution in [2.24, 2.45) is 0 Å². The highest BCUT2D eigenvalue weighted by atomic mass is 16.4. The first-order chi connectivity index (χ1) is 9.68. The fourth-order valence-corrected chi connectivity index (χ4v) is 2.75. The summed E-state index contributed by atoms with van der Waals surface area (Å²) in [4.78, 5) is 14.3. The van der Waals surface area contributed by atoms with E-state index >= 15 is 0 Å². The molecule has 0 spiro atoms. The van der Waals surface area contributed by atoms with Crippen molar-refractivity contribution in [3.63, 3.8) is 0 Å². The van der Waals surface area contributed by atoms with Gasteiger partial charge in [-0.2, -0.15) is 0 Å². The fourth-order valence-electron chi connectivity index (χ4n) is 2.75. The normalized spacial score (nSPS) is 17.4. The first-order valence-electron chi connectivity index (χ1n) is 6.88. The summed E-state index contributed by atoms with van der Waals surface area (Å²) in [7, 11) is 0. The lowest BCUT2D eigenvalue weighted by atomic mass is 10.0. The number of hydrogen-bond acceptors (Lipinski definition) is 5. The maximum atomic E-state index is 12.2. The molecule has 5 nitrogen and oxygen atoms in total. The molecule has 2 N–H and O–H groups in total. The van der Waals surface area contributed by atoms with E-state index in [4.69, 9.17) is 4.42 Å². The summed E-state index contributed by atoms with van der Waals surface area (Å²) in [6.45, 7) is 4.97. The van der Waals surface area contributed by atoms with Crippen LogP contribution in [0.2, 0.25) is 0 Å². The molecule has 0 saturated carbocycles. The number of rotatable bonds is 2. The third-order valence-electron chi connectivity index (χ3n) is 3.67. The summed E-state index contributed by atoms with van der Waals surface area (Å²) in [5.41, 5.74) is 1.28. The van der Waals surface area contributed by atoms with Crippen LogP contribution in [0.1, 0.15) is 18.6 Å². The van der Waals surface area contributed by atoms with Gasteiger partial charge in [0.15, 0.2) is 0 Å². The summed E-state index contributed by atoms with van der Waals surface area (Å²) in [6, 6.07) is 7.48. The first-order valence-corrected chi connectivity index (χ1v) is 6.88. The van der Waals surface area contributed by atoms with Crippen molar-refractivity contribution in [2.45, 2.75) is 13.0 Å². The number of piperazine rings is 1. The lowest BCUT2D eigenvalue weighted by Gasteiger charge is -2.32. The van der Waals surface area contributed by atoms with Crippen molar-refractivity contribution < 1.29 is 9.52 Å². The molecule has 0 bridgehead atoms. The maximum Gasteiger partial charge on any atom is 0.344 e. The van der Waals surface area contributed by atoms with E-state index in [-0.39, 0.29) is 0 Å². The summed E-state index contributed by atoms with van der Waals surface area (Å²) < 4.78 is 5.33. The Bertz CT molecular complexity index is 672. The van der Waals surface area contributed by atoms with E-state index in [9.17, 15) is 9.90 Å². The van der Waals surface area contributed by atoms with E-state index in [0.717, 1.165) is 37.3 Å². The minimum atomic E-state index is -0.847. The van der Waals surface area contributed by atoms with Gasteiger partial charge in [0.2, 0.25) is 0 Å². The van der Waals surface area contributed by atoms with Gasteiger partial charge in [0.25, 0.3) is 0 Å². The molecule has 1 aromatic carbocycles. The number of para-hydroxylation sites is 1. The van der Waals surface area contributed by atoms with E-state index in [1.165, 1.54) is 0 Å². The van der Waals surface area contributed by atoms with Crippen molar-refractivity contribution in [1.82, 2.24) is 5.32 Å². The fraction of sp³-hybridized carbons (Fsp3) is 0.400. The van der Waals surface area contributed by atoms with Crippen LogP contribution >= 0.6 is 0 Å². The number of nitrogens with one attached hydrogen (secondary N) is 1. The Balaban J connectivity index is 2.29.